The summed E-state index contributed by atoms with van der Waals surface area (Å²) in [5.74, 6) is -0.859. The van der Waals surface area contributed by atoms with Crippen LogP contribution in [-0.2, 0) is 4.74 Å². The molecule has 1 aliphatic rings. The highest BCUT2D eigenvalue weighted by molar-refractivity contribution is 5.44. The van der Waals surface area contributed by atoms with Gasteiger partial charge in [-0.1, -0.05) is 0 Å². The molecule has 0 aliphatic carbocycles. The molecule has 0 amide bonds. The van der Waals surface area contributed by atoms with Crippen molar-refractivity contribution in [1.29, 1.82) is 0 Å². The van der Waals surface area contributed by atoms with E-state index in [1.54, 1.807) is 0 Å². The Morgan fingerprint density at radius 2 is 2.38 bits per heavy atom. The molecule has 0 spiro atoms. The summed E-state index contributed by atoms with van der Waals surface area (Å²) in [7, 11) is 0. The van der Waals surface area contributed by atoms with Crippen LogP contribution in [-0.4, -0.2) is 33.0 Å². The largest absolute Gasteiger partial charge is 0.487 e. The first-order valence-electron chi connectivity index (χ1n) is 6.36. The maximum absolute atomic E-state index is 10.9. The van der Waals surface area contributed by atoms with Crippen LogP contribution in [0.15, 0.2) is 0 Å². The molecule has 1 aromatic rings. The zero-order chi connectivity index (χ0) is 14.2. The van der Waals surface area contributed by atoms with Gasteiger partial charge in [0.2, 0.25) is 0 Å². The number of hydrogen-bond acceptors (Lipinski definition) is 5. The standard InChI is InChI=1S/C9H13N3O4/c1-6-8(12(14)15)9(13)10-11(6)7-2-4-16-5-3-7/h7H,2-5H2,1H3,(H,10,13)/i1D3. The van der Waals surface area contributed by atoms with E-state index in [-0.39, 0.29) is 6.04 Å². The zero-order valence-corrected chi connectivity index (χ0v) is 8.42. The first-order chi connectivity index (χ1) is 8.82. The third-order valence-corrected chi connectivity index (χ3v) is 2.59. The van der Waals surface area contributed by atoms with E-state index in [1.807, 2.05) is 0 Å². The molecule has 0 saturated carbocycles. The van der Waals surface area contributed by atoms with Crippen LogP contribution < -0.4 is 0 Å². The molecule has 7 heteroatoms. The Hall–Kier alpha value is -1.63. The van der Waals surface area contributed by atoms with Gasteiger partial charge < -0.3 is 9.84 Å². The molecule has 1 aliphatic heterocycles. The number of nitro groups is 1. The van der Waals surface area contributed by atoms with E-state index in [2.05, 4.69) is 5.10 Å². The summed E-state index contributed by atoms with van der Waals surface area (Å²) in [6.45, 7) is -1.85. The van der Waals surface area contributed by atoms with Crippen molar-refractivity contribution in [2.75, 3.05) is 13.2 Å². The number of rotatable bonds is 2. The quantitative estimate of drug-likeness (QED) is 0.608. The van der Waals surface area contributed by atoms with Crippen LogP contribution in [0.25, 0.3) is 0 Å². The Morgan fingerprint density at radius 3 is 2.94 bits per heavy atom. The highest BCUT2D eigenvalue weighted by Crippen LogP contribution is 2.32. The highest BCUT2D eigenvalue weighted by atomic mass is 16.6. The molecule has 1 fully saturated rings. The molecule has 0 atom stereocenters. The molecule has 0 unspecified atom stereocenters. The lowest BCUT2D eigenvalue weighted by Crippen LogP contribution is -2.21. The van der Waals surface area contributed by atoms with Gasteiger partial charge in [0.25, 0.3) is 0 Å². The molecule has 2 heterocycles. The summed E-state index contributed by atoms with van der Waals surface area (Å²) in [6.07, 6.45) is 1.00. The van der Waals surface area contributed by atoms with Crippen molar-refractivity contribution in [2.45, 2.75) is 25.7 Å². The van der Waals surface area contributed by atoms with E-state index in [0.717, 1.165) is 4.68 Å². The van der Waals surface area contributed by atoms with E-state index >= 15 is 0 Å². The molecule has 0 bridgehead atoms. The molecule has 1 saturated heterocycles. The molecular weight excluding hydrogens is 214 g/mol. The Labute approximate surface area is 96.0 Å². The average molecular weight is 230 g/mol. The zero-order valence-electron chi connectivity index (χ0n) is 11.4. The Kier molecular flexibility index (Phi) is 1.95. The van der Waals surface area contributed by atoms with Crippen molar-refractivity contribution >= 4 is 5.69 Å². The number of nitrogens with zero attached hydrogens (tertiary/aromatic N) is 3. The molecule has 1 aromatic heterocycles. The van der Waals surface area contributed by atoms with Crippen molar-refractivity contribution in [2.24, 2.45) is 0 Å². The van der Waals surface area contributed by atoms with Crippen LogP contribution in [0.2, 0.25) is 0 Å². The summed E-state index contributed by atoms with van der Waals surface area (Å²) in [4.78, 5) is 9.99. The number of hydrogen-bond donors (Lipinski definition) is 1. The normalized spacial score (nSPS) is 21.1. The molecule has 2 rings (SSSR count). The van der Waals surface area contributed by atoms with Crippen LogP contribution >= 0.6 is 0 Å². The van der Waals surface area contributed by atoms with E-state index in [4.69, 9.17) is 8.85 Å². The van der Waals surface area contributed by atoms with Gasteiger partial charge in [-0.2, -0.15) is 0 Å². The third-order valence-electron chi connectivity index (χ3n) is 2.59. The van der Waals surface area contributed by atoms with Crippen molar-refractivity contribution in [1.82, 2.24) is 9.78 Å². The predicted octanol–water partition coefficient (Wildman–Crippen LogP) is 1.16. The molecule has 1 N–H and O–H groups in total. The van der Waals surface area contributed by atoms with Gasteiger partial charge in [0.1, 0.15) is 5.69 Å². The highest BCUT2D eigenvalue weighted by Gasteiger charge is 2.28. The first kappa shape index (κ1) is 7.61. The lowest BCUT2D eigenvalue weighted by Gasteiger charge is -2.22. The maximum Gasteiger partial charge on any atom is 0.352 e. The summed E-state index contributed by atoms with van der Waals surface area (Å²) in [5.41, 5.74) is -1.37. The minimum atomic E-state index is -2.71. The van der Waals surface area contributed by atoms with Gasteiger partial charge in [0.15, 0.2) is 0 Å². The van der Waals surface area contributed by atoms with Gasteiger partial charge in [-0.25, -0.2) is 0 Å². The molecule has 88 valence electrons. The van der Waals surface area contributed by atoms with Gasteiger partial charge in [0, 0.05) is 17.3 Å². The third kappa shape index (κ3) is 1.73. The maximum atomic E-state index is 10.9. The van der Waals surface area contributed by atoms with Gasteiger partial charge in [-0.05, 0) is 19.7 Å². The fraction of sp³-hybridized carbons (Fsp3) is 0.667. The molecule has 0 radical (unpaired) electrons. The van der Waals surface area contributed by atoms with Crippen molar-refractivity contribution in [3.05, 3.63) is 15.8 Å². The van der Waals surface area contributed by atoms with Crippen LogP contribution in [0.3, 0.4) is 0 Å². The summed E-state index contributed by atoms with van der Waals surface area (Å²) in [6, 6.07) is -0.316. The minimum Gasteiger partial charge on any atom is -0.487 e. The van der Waals surface area contributed by atoms with Crippen LogP contribution in [0, 0.1) is 17.0 Å². The smallest absolute Gasteiger partial charge is 0.352 e. The fourth-order valence-electron chi connectivity index (χ4n) is 1.78. The predicted molar refractivity (Wildman–Crippen MR) is 54.4 cm³/mol. The molecule has 0 aromatic carbocycles. The fourth-order valence-corrected chi connectivity index (χ4v) is 1.78. The second kappa shape index (κ2) is 4.09. The van der Waals surface area contributed by atoms with Gasteiger partial charge in [-0.3, -0.25) is 14.8 Å². The van der Waals surface area contributed by atoms with E-state index in [9.17, 15) is 15.2 Å². The van der Waals surface area contributed by atoms with Gasteiger partial charge in [-0.15, -0.1) is 5.10 Å². The van der Waals surface area contributed by atoms with Crippen LogP contribution in [0.4, 0.5) is 5.69 Å². The lowest BCUT2D eigenvalue weighted by atomic mass is 10.1. The second-order valence-electron chi connectivity index (χ2n) is 3.57. The van der Waals surface area contributed by atoms with Crippen molar-refractivity contribution in [3.8, 4) is 5.88 Å². The van der Waals surface area contributed by atoms with Gasteiger partial charge in [0.05, 0.1) is 11.0 Å². The lowest BCUT2D eigenvalue weighted by molar-refractivity contribution is -0.386. The molecular formula is C9H13N3O4. The SMILES string of the molecule is [2H]C([2H])([2H])c1c([N+](=O)[O-])c(O)nn1C1CCOCC1. The monoisotopic (exact) mass is 230 g/mol. The van der Waals surface area contributed by atoms with E-state index in [1.165, 1.54) is 0 Å². The topological polar surface area (TPSA) is 90.4 Å². The van der Waals surface area contributed by atoms with Crippen LogP contribution in [0.1, 0.15) is 28.7 Å². The number of aromatic nitrogens is 2. The summed E-state index contributed by atoms with van der Waals surface area (Å²) >= 11 is 0. The average Bonchev–Trinajstić information content (AvgIpc) is 2.68. The molecule has 7 nitrogen and oxygen atoms in total. The Balaban J connectivity index is 2.54. The van der Waals surface area contributed by atoms with E-state index in [0.29, 0.717) is 26.1 Å². The first-order valence-corrected chi connectivity index (χ1v) is 4.86. The van der Waals surface area contributed by atoms with Crippen molar-refractivity contribution < 1.29 is 18.9 Å². The Bertz CT molecular complexity index is 494. The van der Waals surface area contributed by atoms with Crippen LogP contribution in [0.5, 0.6) is 5.88 Å². The number of ether oxygens (including phenoxy) is 1. The number of aromatic hydroxyl groups is 1. The minimum absolute atomic E-state index is 0.316. The Morgan fingerprint density at radius 1 is 1.69 bits per heavy atom. The van der Waals surface area contributed by atoms with Gasteiger partial charge >= 0.3 is 11.6 Å². The summed E-state index contributed by atoms with van der Waals surface area (Å²) in [5, 5.41) is 24.1. The van der Waals surface area contributed by atoms with E-state index < -0.39 is 29.0 Å². The van der Waals surface area contributed by atoms with Crippen molar-refractivity contribution in [3.63, 3.8) is 0 Å². The molecule has 16 heavy (non-hydrogen) atoms. The summed E-state index contributed by atoms with van der Waals surface area (Å²) < 4.78 is 28.4. The second-order valence-corrected chi connectivity index (χ2v) is 3.57.